The van der Waals surface area contributed by atoms with E-state index in [1.807, 2.05) is 0 Å². The molecule has 1 saturated heterocycles. The highest BCUT2D eigenvalue weighted by Crippen LogP contribution is 2.36. The van der Waals surface area contributed by atoms with E-state index >= 15 is 0 Å². The van der Waals surface area contributed by atoms with Crippen LogP contribution in [0.15, 0.2) is 53.4 Å². The van der Waals surface area contributed by atoms with Gasteiger partial charge in [-0.15, -0.1) is 0 Å². The van der Waals surface area contributed by atoms with Gasteiger partial charge in [0.25, 0.3) is 23.4 Å². The standard InChI is InChI=1S/C18H9N3O5S2/c22-15-12-6-1-2-7-13(12)16(23)19(15)20-17(24)14(28-18(20)27)9-10-4-3-5-11(8-10)21(25)26/h1-9H. The molecule has 2 aromatic carbocycles. The van der Waals surface area contributed by atoms with Crippen molar-refractivity contribution in [3.05, 3.63) is 80.2 Å². The summed E-state index contributed by atoms with van der Waals surface area (Å²) >= 11 is 6.12. The number of thiocarbonyl (C=S) groups is 1. The van der Waals surface area contributed by atoms with Crippen molar-refractivity contribution >= 4 is 57.8 Å². The Morgan fingerprint density at radius 3 is 2.18 bits per heavy atom. The number of nitro groups is 1. The zero-order valence-electron chi connectivity index (χ0n) is 13.9. The van der Waals surface area contributed by atoms with Gasteiger partial charge in [-0.2, -0.15) is 10.0 Å². The zero-order valence-corrected chi connectivity index (χ0v) is 15.5. The first kappa shape index (κ1) is 18.0. The van der Waals surface area contributed by atoms with Gasteiger partial charge in [0.15, 0.2) is 4.32 Å². The largest absolute Gasteiger partial charge is 0.285 e. The normalized spacial score (nSPS) is 17.6. The average Bonchev–Trinajstić information content (AvgIpc) is 3.09. The van der Waals surface area contributed by atoms with Crippen LogP contribution in [0, 0.1) is 10.1 Å². The van der Waals surface area contributed by atoms with Crippen LogP contribution in [0.3, 0.4) is 0 Å². The monoisotopic (exact) mass is 411 g/mol. The number of thioether (sulfide) groups is 1. The number of nitro benzene ring substituents is 1. The molecule has 0 bridgehead atoms. The molecule has 4 rings (SSSR count). The zero-order chi connectivity index (χ0) is 20.0. The minimum Gasteiger partial charge on any atom is -0.267 e. The summed E-state index contributed by atoms with van der Waals surface area (Å²) in [5.41, 5.74) is 0.704. The summed E-state index contributed by atoms with van der Waals surface area (Å²) in [6, 6.07) is 12.0. The Kier molecular flexibility index (Phi) is 4.28. The molecule has 8 nitrogen and oxygen atoms in total. The first-order valence-electron chi connectivity index (χ1n) is 7.88. The molecule has 10 heteroatoms. The molecule has 3 amide bonds. The van der Waals surface area contributed by atoms with Gasteiger partial charge < -0.3 is 0 Å². The van der Waals surface area contributed by atoms with Gasteiger partial charge in [-0.1, -0.05) is 36.0 Å². The lowest BCUT2D eigenvalue weighted by Crippen LogP contribution is -2.48. The molecule has 0 aromatic heterocycles. The van der Waals surface area contributed by atoms with Crippen LogP contribution >= 0.6 is 24.0 Å². The van der Waals surface area contributed by atoms with E-state index in [0.717, 1.165) is 21.8 Å². The Hall–Kier alpha value is -3.37. The first-order valence-corrected chi connectivity index (χ1v) is 9.11. The van der Waals surface area contributed by atoms with Gasteiger partial charge in [0.1, 0.15) is 0 Å². The molecule has 2 aliphatic rings. The second kappa shape index (κ2) is 6.66. The van der Waals surface area contributed by atoms with Crippen molar-refractivity contribution in [1.29, 1.82) is 0 Å². The molecule has 1 fully saturated rings. The van der Waals surface area contributed by atoms with Gasteiger partial charge in [0.2, 0.25) is 0 Å². The van der Waals surface area contributed by atoms with Crippen LogP contribution in [0.25, 0.3) is 6.08 Å². The molecule has 0 saturated carbocycles. The fraction of sp³-hybridized carbons (Fsp3) is 0. The van der Waals surface area contributed by atoms with E-state index in [2.05, 4.69) is 0 Å². The maximum atomic E-state index is 12.8. The van der Waals surface area contributed by atoms with Crippen LogP contribution in [-0.2, 0) is 4.79 Å². The number of imide groups is 1. The molecular formula is C18H9N3O5S2. The fourth-order valence-electron chi connectivity index (χ4n) is 2.87. The number of hydrazine groups is 1. The van der Waals surface area contributed by atoms with Crippen LogP contribution in [0.4, 0.5) is 5.69 Å². The lowest BCUT2D eigenvalue weighted by Gasteiger charge is -2.23. The Labute approximate surface area is 167 Å². The van der Waals surface area contributed by atoms with Gasteiger partial charge in [0.05, 0.1) is 21.0 Å². The van der Waals surface area contributed by atoms with Crippen molar-refractivity contribution in [2.75, 3.05) is 0 Å². The third-order valence-corrected chi connectivity index (χ3v) is 5.41. The van der Waals surface area contributed by atoms with Crippen LogP contribution in [0.1, 0.15) is 26.3 Å². The van der Waals surface area contributed by atoms with Crippen molar-refractivity contribution in [1.82, 2.24) is 10.0 Å². The van der Waals surface area contributed by atoms with Crippen molar-refractivity contribution in [3.63, 3.8) is 0 Å². The lowest BCUT2D eigenvalue weighted by molar-refractivity contribution is -0.384. The van der Waals surface area contributed by atoms with Gasteiger partial charge in [-0.3, -0.25) is 24.5 Å². The number of carbonyl (C=O) groups excluding carboxylic acids is 3. The minimum atomic E-state index is -0.643. The molecule has 0 N–H and O–H groups in total. The number of amides is 3. The summed E-state index contributed by atoms with van der Waals surface area (Å²) in [4.78, 5) is 48.6. The predicted octanol–water partition coefficient (Wildman–Crippen LogP) is 3.01. The van der Waals surface area contributed by atoms with Crippen molar-refractivity contribution < 1.29 is 19.3 Å². The number of benzene rings is 2. The van der Waals surface area contributed by atoms with E-state index in [0.29, 0.717) is 5.56 Å². The second-order valence-corrected chi connectivity index (χ2v) is 7.49. The Morgan fingerprint density at radius 2 is 1.57 bits per heavy atom. The molecule has 0 radical (unpaired) electrons. The van der Waals surface area contributed by atoms with Crippen molar-refractivity contribution in [3.8, 4) is 0 Å². The van der Waals surface area contributed by atoms with E-state index in [9.17, 15) is 24.5 Å². The third kappa shape index (κ3) is 2.79. The van der Waals surface area contributed by atoms with E-state index in [1.54, 1.807) is 18.2 Å². The summed E-state index contributed by atoms with van der Waals surface area (Å²) in [7, 11) is 0. The van der Waals surface area contributed by atoms with Crippen molar-refractivity contribution in [2.45, 2.75) is 0 Å². The van der Waals surface area contributed by atoms with E-state index in [1.165, 1.54) is 36.4 Å². The molecule has 0 aliphatic carbocycles. The summed E-state index contributed by atoms with van der Waals surface area (Å²) in [6.07, 6.45) is 1.43. The van der Waals surface area contributed by atoms with Crippen LogP contribution < -0.4 is 0 Å². The van der Waals surface area contributed by atoms with Crippen molar-refractivity contribution in [2.24, 2.45) is 0 Å². The Bertz CT molecular complexity index is 1090. The summed E-state index contributed by atoms with van der Waals surface area (Å²) < 4.78 is 0.0242. The molecule has 0 unspecified atom stereocenters. The van der Waals surface area contributed by atoms with Gasteiger partial charge in [-0.05, 0) is 36.0 Å². The first-order chi connectivity index (χ1) is 13.4. The topological polar surface area (TPSA) is 101 Å². The van der Waals surface area contributed by atoms with E-state index in [4.69, 9.17) is 12.2 Å². The summed E-state index contributed by atoms with van der Waals surface area (Å²) in [5.74, 6) is -1.90. The Morgan fingerprint density at radius 1 is 0.929 bits per heavy atom. The molecule has 0 atom stereocenters. The molecule has 2 heterocycles. The minimum absolute atomic E-state index is 0.0242. The molecule has 2 aliphatic heterocycles. The number of carbonyl (C=O) groups is 3. The molecule has 2 aromatic rings. The van der Waals surface area contributed by atoms with Gasteiger partial charge in [-0.25, -0.2) is 0 Å². The van der Waals surface area contributed by atoms with E-state index in [-0.39, 0.29) is 26.0 Å². The van der Waals surface area contributed by atoms with Gasteiger partial charge >= 0.3 is 0 Å². The van der Waals surface area contributed by atoms with Crippen LogP contribution in [0.5, 0.6) is 0 Å². The summed E-state index contributed by atoms with van der Waals surface area (Å²) in [5, 5.41) is 12.5. The number of hydrogen-bond donors (Lipinski definition) is 0. The third-order valence-electron chi connectivity index (χ3n) is 4.12. The maximum absolute atomic E-state index is 12.8. The second-order valence-electron chi connectivity index (χ2n) is 5.81. The highest BCUT2D eigenvalue weighted by molar-refractivity contribution is 8.26. The quantitative estimate of drug-likeness (QED) is 0.252. The molecule has 28 heavy (non-hydrogen) atoms. The number of nitrogens with zero attached hydrogens (tertiary/aromatic N) is 3. The SMILES string of the molecule is O=C1C(=Cc2cccc([N+](=O)[O-])c2)SC(=S)N1N1C(=O)c2ccccc2C1=O. The van der Waals surface area contributed by atoms with Crippen LogP contribution in [-0.4, -0.2) is 37.0 Å². The average molecular weight is 411 g/mol. The van der Waals surface area contributed by atoms with E-state index < -0.39 is 22.6 Å². The Balaban J connectivity index is 1.67. The lowest BCUT2D eigenvalue weighted by atomic mass is 10.1. The number of hydrogen-bond acceptors (Lipinski definition) is 7. The summed E-state index contributed by atoms with van der Waals surface area (Å²) in [6.45, 7) is 0. The highest BCUT2D eigenvalue weighted by Gasteiger charge is 2.46. The molecular weight excluding hydrogens is 402 g/mol. The fourth-order valence-corrected chi connectivity index (χ4v) is 4.11. The highest BCUT2D eigenvalue weighted by atomic mass is 32.2. The molecule has 138 valence electrons. The predicted molar refractivity (Wildman–Crippen MR) is 105 cm³/mol. The maximum Gasteiger partial charge on any atom is 0.285 e. The number of rotatable bonds is 3. The van der Waals surface area contributed by atoms with Crippen LogP contribution in [0.2, 0.25) is 0 Å². The number of fused-ring (bicyclic) bond motifs is 1. The smallest absolute Gasteiger partial charge is 0.267 e. The van der Waals surface area contributed by atoms with Gasteiger partial charge in [0, 0.05) is 12.1 Å². The number of non-ortho nitro benzene ring substituents is 1. The molecule has 0 spiro atoms.